The van der Waals surface area contributed by atoms with E-state index in [4.69, 9.17) is 5.11 Å². The average molecular weight is 190 g/mol. The number of halogens is 1. The monoisotopic (exact) mass is 190 g/mol. The lowest BCUT2D eigenvalue weighted by Crippen LogP contribution is -2.45. The molecule has 0 aliphatic carbocycles. The predicted octanol–water partition coefficient (Wildman–Crippen LogP) is -0.747. The van der Waals surface area contributed by atoms with Gasteiger partial charge in [-0.15, -0.1) is 0 Å². The van der Waals surface area contributed by atoms with Crippen molar-refractivity contribution in [2.45, 2.75) is 12.4 Å². The van der Waals surface area contributed by atoms with E-state index in [1.807, 2.05) is 0 Å². The highest BCUT2D eigenvalue weighted by molar-refractivity contribution is 4.90. The number of aliphatic hydroxyl groups excluding tert-OH is 1. The number of hydrogen-bond donors (Lipinski definition) is 2. The summed E-state index contributed by atoms with van der Waals surface area (Å²) in [6.07, 6.45) is 0.512. The Labute approximate surface area is 73.8 Å². The van der Waals surface area contributed by atoms with Crippen molar-refractivity contribution < 1.29 is 14.4 Å². The lowest BCUT2D eigenvalue weighted by Gasteiger charge is -2.19. The molecule has 1 aliphatic rings. The SMILES string of the molecule is O=[N+]([O-])C1NC=CN1CC(O)C[18F]. The number of rotatable bonds is 4. The van der Waals surface area contributed by atoms with Gasteiger partial charge in [0.2, 0.25) is 0 Å². The molecular formula is C6H10FN3O3. The first-order valence-corrected chi connectivity index (χ1v) is 3.71. The molecule has 2 N–H and O–H groups in total. The van der Waals surface area contributed by atoms with Gasteiger partial charge in [-0.3, -0.25) is 15.0 Å². The molecule has 1 rings (SSSR count). The molecule has 0 spiro atoms. The summed E-state index contributed by atoms with van der Waals surface area (Å²) in [5.74, 6) is 0. The van der Waals surface area contributed by atoms with Crippen LogP contribution in [0.15, 0.2) is 12.4 Å². The summed E-state index contributed by atoms with van der Waals surface area (Å²) < 4.78 is 11.9. The molecule has 2 atom stereocenters. The Morgan fingerprint density at radius 1 is 1.85 bits per heavy atom. The first-order valence-electron chi connectivity index (χ1n) is 3.71. The van der Waals surface area contributed by atoms with E-state index in [0.29, 0.717) is 0 Å². The minimum Gasteiger partial charge on any atom is -0.389 e. The van der Waals surface area contributed by atoms with E-state index in [9.17, 15) is 14.5 Å². The smallest absolute Gasteiger partial charge is 0.365 e. The van der Waals surface area contributed by atoms with Gasteiger partial charge < -0.3 is 10.4 Å². The Kier molecular flexibility index (Phi) is 3.02. The maximum atomic E-state index is 11.9. The first kappa shape index (κ1) is 9.72. The fourth-order valence-corrected chi connectivity index (χ4v) is 1.04. The van der Waals surface area contributed by atoms with Gasteiger partial charge in [-0.25, -0.2) is 4.39 Å². The summed E-state index contributed by atoms with van der Waals surface area (Å²) in [5.41, 5.74) is 0. The van der Waals surface area contributed by atoms with E-state index in [1.54, 1.807) is 0 Å². The van der Waals surface area contributed by atoms with Crippen molar-refractivity contribution >= 4 is 0 Å². The first-order chi connectivity index (χ1) is 6.15. The third-order valence-corrected chi connectivity index (χ3v) is 1.62. The molecule has 0 radical (unpaired) electrons. The Hall–Kier alpha value is -1.37. The zero-order chi connectivity index (χ0) is 9.84. The van der Waals surface area contributed by atoms with Crippen LogP contribution in [0.1, 0.15) is 0 Å². The van der Waals surface area contributed by atoms with Crippen molar-refractivity contribution in [3.8, 4) is 0 Å². The molecule has 74 valence electrons. The standard InChI is InChI=1S/C6H10FN3O3/c7-3-5(11)4-9-2-1-8-6(9)10(12)13/h1-2,5-6,8,11H,3-4H2/i7-1. The maximum absolute atomic E-state index is 11.9. The molecule has 1 aliphatic heterocycles. The zero-order valence-electron chi connectivity index (χ0n) is 6.76. The molecule has 7 heteroatoms. The fraction of sp³-hybridized carbons (Fsp3) is 0.667. The van der Waals surface area contributed by atoms with Crippen LogP contribution in [0.4, 0.5) is 4.39 Å². The normalized spacial score (nSPS) is 22.9. The average Bonchev–Trinajstić information content (AvgIpc) is 2.52. The second-order valence-electron chi connectivity index (χ2n) is 2.65. The van der Waals surface area contributed by atoms with Gasteiger partial charge in [0, 0.05) is 12.4 Å². The lowest BCUT2D eigenvalue weighted by atomic mass is 10.3. The van der Waals surface area contributed by atoms with Crippen molar-refractivity contribution in [3.05, 3.63) is 22.5 Å². The van der Waals surface area contributed by atoms with Gasteiger partial charge in [-0.2, -0.15) is 0 Å². The Balaban J connectivity index is 2.48. The molecule has 0 aromatic heterocycles. The molecule has 0 saturated carbocycles. The number of alkyl halides is 1. The predicted molar refractivity (Wildman–Crippen MR) is 41.7 cm³/mol. The molecule has 0 aromatic carbocycles. The van der Waals surface area contributed by atoms with Gasteiger partial charge in [0.15, 0.2) is 0 Å². The molecule has 6 nitrogen and oxygen atoms in total. The van der Waals surface area contributed by atoms with E-state index in [0.717, 1.165) is 0 Å². The highest BCUT2D eigenvalue weighted by Crippen LogP contribution is 2.06. The molecule has 0 saturated heterocycles. The van der Waals surface area contributed by atoms with Crippen LogP contribution in [-0.4, -0.2) is 40.5 Å². The molecule has 0 bridgehead atoms. The number of β-amino-alcohol motifs (C(OH)–C–C–N with tert-alkyl or cyclic N) is 1. The van der Waals surface area contributed by atoms with Crippen molar-refractivity contribution in [2.24, 2.45) is 0 Å². The second-order valence-corrected chi connectivity index (χ2v) is 2.65. The Bertz CT molecular complexity index is 223. The molecule has 2 unspecified atom stereocenters. The van der Waals surface area contributed by atoms with Crippen LogP contribution in [0.5, 0.6) is 0 Å². The summed E-state index contributed by atoms with van der Waals surface area (Å²) in [6, 6.07) is 0. The van der Waals surface area contributed by atoms with E-state index >= 15 is 0 Å². The van der Waals surface area contributed by atoms with E-state index in [2.05, 4.69) is 5.32 Å². The van der Waals surface area contributed by atoms with Crippen molar-refractivity contribution in [3.63, 3.8) is 0 Å². The minimum atomic E-state index is -1.19. The van der Waals surface area contributed by atoms with Gasteiger partial charge in [-0.05, 0) is 0 Å². The topological polar surface area (TPSA) is 78.6 Å². The van der Waals surface area contributed by atoms with Crippen LogP contribution in [0.25, 0.3) is 0 Å². The molecule has 0 aromatic rings. The summed E-state index contributed by atoms with van der Waals surface area (Å²) in [4.78, 5) is 11.0. The zero-order valence-corrected chi connectivity index (χ0v) is 6.76. The van der Waals surface area contributed by atoms with E-state index in [1.165, 1.54) is 17.3 Å². The van der Waals surface area contributed by atoms with E-state index < -0.39 is 24.0 Å². The highest BCUT2D eigenvalue weighted by atomic mass is 18.2. The van der Waals surface area contributed by atoms with Crippen LogP contribution in [0.2, 0.25) is 0 Å². The van der Waals surface area contributed by atoms with Crippen LogP contribution >= 0.6 is 0 Å². The van der Waals surface area contributed by atoms with Gasteiger partial charge in [-0.1, -0.05) is 0 Å². The summed E-state index contributed by atoms with van der Waals surface area (Å²) in [5, 5.41) is 21.7. The summed E-state index contributed by atoms with van der Waals surface area (Å²) in [6.45, 7) is -1.000. The van der Waals surface area contributed by atoms with Crippen molar-refractivity contribution in [1.29, 1.82) is 0 Å². The molecule has 13 heavy (non-hydrogen) atoms. The Morgan fingerprint density at radius 2 is 2.54 bits per heavy atom. The maximum Gasteiger partial charge on any atom is 0.365 e. The minimum absolute atomic E-state index is 0.0916. The van der Waals surface area contributed by atoms with Crippen LogP contribution < -0.4 is 5.32 Å². The van der Waals surface area contributed by atoms with Gasteiger partial charge in [0.25, 0.3) is 0 Å². The van der Waals surface area contributed by atoms with Crippen molar-refractivity contribution in [1.82, 2.24) is 10.2 Å². The number of nitro groups is 1. The molecular weight excluding hydrogens is 180 g/mol. The van der Waals surface area contributed by atoms with Gasteiger partial charge in [0.1, 0.15) is 12.8 Å². The van der Waals surface area contributed by atoms with Gasteiger partial charge >= 0.3 is 6.29 Å². The number of hydrogen-bond acceptors (Lipinski definition) is 5. The van der Waals surface area contributed by atoms with Crippen molar-refractivity contribution in [2.75, 3.05) is 13.2 Å². The quantitative estimate of drug-likeness (QED) is 0.450. The van der Waals surface area contributed by atoms with E-state index in [-0.39, 0.29) is 6.54 Å². The molecule has 0 amide bonds. The fourth-order valence-electron chi connectivity index (χ4n) is 1.04. The number of aliphatic hydroxyl groups is 1. The number of nitrogens with zero attached hydrogens (tertiary/aromatic N) is 2. The molecule has 1 heterocycles. The third kappa shape index (κ3) is 2.28. The third-order valence-electron chi connectivity index (χ3n) is 1.62. The highest BCUT2D eigenvalue weighted by Gasteiger charge is 2.29. The largest absolute Gasteiger partial charge is 0.389 e. The second kappa shape index (κ2) is 4.04. The molecule has 0 fully saturated rings. The summed E-state index contributed by atoms with van der Waals surface area (Å²) in [7, 11) is 0. The van der Waals surface area contributed by atoms with Crippen LogP contribution in [0.3, 0.4) is 0 Å². The number of nitrogens with one attached hydrogen (secondary N) is 1. The lowest BCUT2D eigenvalue weighted by molar-refractivity contribution is -0.550. The van der Waals surface area contributed by atoms with Crippen LogP contribution in [-0.2, 0) is 0 Å². The van der Waals surface area contributed by atoms with Crippen LogP contribution in [0, 0.1) is 10.1 Å². The Morgan fingerprint density at radius 3 is 3.08 bits per heavy atom. The van der Waals surface area contributed by atoms with Gasteiger partial charge in [0.05, 0.1) is 11.5 Å². The summed E-state index contributed by atoms with van der Waals surface area (Å²) >= 11 is 0.